The lowest BCUT2D eigenvalue weighted by Crippen LogP contribution is -2.40. The van der Waals surface area contributed by atoms with Crippen molar-refractivity contribution in [2.45, 2.75) is 20.3 Å². The largest absolute Gasteiger partial charge is 0.329 e. The molecular weight excluding hydrogens is 280 g/mol. The topological polar surface area (TPSA) is 32.7 Å². The maximum Gasteiger partial charge on any atom is 0.179 e. The highest BCUT2D eigenvalue weighted by Crippen LogP contribution is 2.47. The third-order valence-electron chi connectivity index (χ3n) is 4.44. The Bertz CT molecular complexity index is 762. The number of carbonyl (C=O) groups is 1. The van der Waals surface area contributed by atoms with Gasteiger partial charge >= 0.3 is 0 Å². The third-order valence-corrected chi connectivity index (χ3v) is 5.39. The number of ketones is 1. The summed E-state index contributed by atoms with van der Waals surface area (Å²) in [5.74, 6) is 1.14. The van der Waals surface area contributed by atoms with Gasteiger partial charge in [-0.05, 0) is 38.5 Å². The van der Waals surface area contributed by atoms with Gasteiger partial charge in [0.25, 0.3) is 0 Å². The van der Waals surface area contributed by atoms with Gasteiger partial charge in [-0.3, -0.25) is 4.79 Å². The number of hydrogen-bond donors (Lipinski definition) is 0. The number of aliphatic imine (C=N–C) groups is 1. The molecule has 0 saturated carbocycles. The molecule has 0 aliphatic carbocycles. The zero-order chi connectivity index (χ0) is 14.6. The van der Waals surface area contributed by atoms with Crippen molar-refractivity contribution in [1.29, 1.82) is 0 Å². The Morgan fingerprint density at radius 2 is 2.05 bits per heavy atom. The lowest BCUT2D eigenvalue weighted by Gasteiger charge is -2.29. The van der Waals surface area contributed by atoms with Crippen LogP contribution in [0.15, 0.2) is 41.4 Å². The molecule has 4 rings (SSSR count). The van der Waals surface area contributed by atoms with E-state index in [0.29, 0.717) is 0 Å². The van der Waals surface area contributed by atoms with Gasteiger partial charge in [0.05, 0.1) is 11.0 Å². The van der Waals surface area contributed by atoms with E-state index in [1.807, 2.05) is 38.1 Å². The summed E-state index contributed by atoms with van der Waals surface area (Å²) in [6.45, 7) is 4.91. The molecule has 2 aliphatic rings. The molecule has 4 heteroatoms. The zero-order valence-electron chi connectivity index (χ0n) is 12.1. The molecule has 0 amide bonds. The summed E-state index contributed by atoms with van der Waals surface area (Å²) in [7, 11) is 0. The fraction of sp³-hybridized carbons (Fsp3) is 0.294. The molecule has 2 aromatic rings. The van der Waals surface area contributed by atoms with Crippen molar-refractivity contribution in [2.24, 2.45) is 10.4 Å². The second-order valence-electron chi connectivity index (χ2n) is 5.91. The molecule has 1 unspecified atom stereocenters. The molecule has 1 aromatic carbocycles. The molecular formula is C17H16N2OS. The smallest absolute Gasteiger partial charge is 0.179 e. The van der Waals surface area contributed by atoms with Gasteiger partial charge in [-0.15, -0.1) is 11.3 Å². The number of anilines is 1. The van der Waals surface area contributed by atoms with Crippen molar-refractivity contribution < 1.29 is 4.79 Å². The number of hydrogen-bond acceptors (Lipinski definition) is 4. The van der Waals surface area contributed by atoms with E-state index in [9.17, 15) is 4.79 Å². The number of nitrogens with zero attached hydrogens (tertiary/aromatic N) is 2. The Hall–Kier alpha value is -1.94. The molecule has 3 heterocycles. The highest BCUT2D eigenvalue weighted by atomic mass is 32.1. The minimum Gasteiger partial charge on any atom is -0.329 e. The van der Waals surface area contributed by atoms with Gasteiger partial charge in [0, 0.05) is 17.1 Å². The van der Waals surface area contributed by atoms with E-state index in [0.717, 1.165) is 39.9 Å². The number of para-hydroxylation sites is 1. The van der Waals surface area contributed by atoms with Gasteiger partial charge in [-0.2, -0.15) is 0 Å². The zero-order valence-corrected chi connectivity index (χ0v) is 12.9. The predicted molar refractivity (Wildman–Crippen MR) is 87.0 cm³/mol. The minimum atomic E-state index is -0.476. The Balaban J connectivity index is 1.88. The van der Waals surface area contributed by atoms with E-state index in [1.54, 1.807) is 11.3 Å². The van der Waals surface area contributed by atoms with Crippen LogP contribution in [-0.2, 0) is 0 Å². The van der Waals surface area contributed by atoms with E-state index in [-0.39, 0.29) is 5.78 Å². The van der Waals surface area contributed by atoms with Gasteiger partial charge in [-0.1, -0.05) is 18.2 Å². The number of rotatable bonds is 1. The van der Waals surface area contributed by atoms with E-state index in [1.165, 1.54) is 0 Å². The molecule has 1 aromatic heterocycles. The standard InChI is InChI=1S/C17H16N2OS/c1-11-10-13-14(20)17(2)8-9-19(12-6-4-3-5-7-12)16(17)18-15(13)21-11/h3-7,10H,8-9H2,1-2H3. The molecule has 3 nitrogen and oxygen atoms in total. The summed E-state index contributed by atoms with van der Waals surface area (Å²) in [5.41, 5.74) is 1.44. The fourth-order valence-electron chi connectivity index (χ4n) is 3.25. The van der Waals surface area contributed by atoms with Crippen LogP contribution in [0.2, 0.25) is 0 Å². The summed E-state index contributed by atoms with van der Waals surface area (Å²) in [6.07, 6.45) is 0.827. The monoisotopic (exact) mass is 296 g/mol. The van der Waals surface area contributed by atoms with Crippen LogP contribution in [-0.4, -0.2) is 18.2 Å². The normalized spacial score (nSPS) is 23.8. The van der Waals surface area contributed by atoms with Gasteiger partial charge in [0.15, 0.2) is 5.78 Å². The average Bonchev–Trinajstić information content (AvgIpc) is 3.02. The number of carbonyl (C=O) groups excluding carboxylic acids is 1. The minimum absolute atomic E-state index is 0.227. The van der Waals surface area contributed by atoms with Crippen LogP contribution in [0.1, 0.15) is 28.6 Å². The van der Waals surface area contributed by atoms with Gasteiger partial charge in [0.1, 0.15) is 10.8 Å². The Kier molecular flexibility index (Phi) is 2.60. The Morgan fingerprint density at radius 3 is 2.81 bits per heavy atom. The van der Waals surface area contributed by atoms with Crippen LogP contribution in [0.5, 0.6) is 0 Å². The SMILES string of the molecule is Cc1cc2c(s1)N=C1N(c3ccccc3)CCC1(C)C2=O. The van der Waals surface area contributed by atoms with E-state index in [4.69, 9.17) is 4.99 Å². The second kappa shape index (κ2) is 4.28. The molecule has 21 heavy (non-hydrogen) atoms. The van der Waals surface area contributed by atoms with Crippen molar-refractivity contribution in [2.75, 3.05) is 11.4 Å². The molecule has 1 fully saturated rings. The summed E-state index contributed by atoms with van der Waals surface area (Å²) < 4.78 is 0. The van der Waals surface area contributed by atoms with Gasteiger partial charge < -0.3 is 4.90 Å². The van der Waals surface area contributed by atoms with Crippen LogP contribution in [0.3, 0.4) is 0 Å². The van der Waals surface area contributed by atoms with Crippen LogP contribution in [0.4, 0.5) is 10.7 Å². The predicted octanol–water partition coefficient (Wildman–Crippen LogP) is 4.20. The first-order valence-corrected chi connectivity index (χ1v) is 7.98. The fourth-order valence-corrected chi connectivity index (χ4v) is 4.13. The maximum atomic E-state index is 12.9. The Morgan fingerprint density at radius 1 is 1.29 bits per heavy atom. The summed E-state index contributed by atoms with van der Waals surface area (Å²) in [5, 5.41) is 0.868. The molecule has 0 bridgehead atoms. The lowest BCUT2D eigenvalue weighted by molar-refractivity contribution is 0.0888. The lowest BCUT2D eigenvalue weighted by atomic mass is 9.79. The molecule has 2 aliphatic heterocycles. The van der Waals surface area contributed by atoms with E-state index in [2.05, 4.69) is 17.0 Å². The molecule has 1 saturated heterocycles. The molecule has 1 atom stereocenters. The number of Topliss-reactive ketones (excluding diaryl/α,β-unsaturated/α-hetero) is 1. The van der Waals surface area contributed by atoms with Crippen molar-refractivity contribution in [3.05, 3.63) is 46.8 Å². The number of fused-ring (bicyclic) bond motifs is 2. The first-order chi connectivity index (χ1) is 10.1. The Labute approximate surface area is 127 Å². The maximum absolute atomic E-state index is 12.9. The highest BCUT2D eigenvalue weighted by Gasteiger charge is 2.50. The first kappa shape index (κ1) is 12.8. The third kappa shape index (κ3) is 1.72. The quantitative estimate of drug-likeness (QED) is 0.790. The second-order valence-corrected chi connectivity index (χ2v) is 7.14. The van der Waals surface area contributed by atoms with Gasteiger partial charge in [-0.25, -0.2) is 4.99 Å². The van der Waals surface area contributed by atoms with Crippen LogP contribution in [0, 0.1) is 12.3 Å². The van der Waals surface area contributed by atoms with Crippen LogP contribution in [0.25, 0.3) is 0 Å². The molecule has 0 spiro atoms. The van der Waals surface area contributed by atoms with Crippen molar-refractivity contribution in [3.8, 4) is 0 Å². The van der Waals surface area contributed by atoms with E-state index >= 15 is 0 Å². The number of thiophene rings is 1. The van der Waals surface area contributed by atoms with Gasteiger partial charge in [0.2, 0.25) is 0 Å². The summed E-state index contributed by atoms with van der Waals surface area (Å²) >= 11 is 1.60. The number of amidine groups is 1. The number of aryl methyl sites for hydroxylation is 1. The first-order valence-electron chi connectivity index (χ1n) is 7.16. The van der Waals surface area contributed by atoms with Crippen molar-refractivity contribution >= 4 is 33.6 Å². The van der Waals surface area contributed by atoms with Crippen LogP contribution < -0.4 is 4.90 Å². The van der Waals surface area contributed by atoms with Crippen molar-refractivity contribution in [3.63, 3.8) is 0 Å². The molecule has 0 radical (unpaired) electrons. The van der Waals surface area contributed by atoms with E-state index < -0.39 is 5.41 Å². The summed E-state index contributed by atoms with van der Waals surface area (Å²) in [4.78, 5) is 21.1. The van der Waals surface area contributed by atoms with Crippen LogP contribution >= 0.6 is 11.3 Å². The highest BCUT2D eigenvalue weighted by molar-refractivity contribution is 7.16. The summed E-state index contributed by atoms with van der Waals surface area (Å²) in [6, 6.07) is 12.2. The average molecular weight is 296 g/mol. The van der Waals surface area contributed by atoms with Crippen molar-refractivity contribution in [1.82, 2.24) is 0 Å². The number of benzene rings is 1. The molecule has 106 valence electrons. The molecule has 0 N–H and O–H groups in total.